The summed E-state index contributed by atoms with van der Waals surface area (Å²) in [5, 5.41) is 4.10. The Kier molecular flexibility index (Phi) is 2.58. The number of nitrogens with one attached hydrogen (secondary N) is 1. The molecule has 0 bridgehead atoms. The van der Waals surface area contributed by atoms with Gasteiger partial charge in [0.15, 0.2) is 0 Å². The molecule has 1 aliphatic heterocycles. The molecule has 0 atom stereocenters. The van der Waals surface area contributed by atoms with Gasteiger partial charge in [0.2, 0.25) is 0 Å². The van der Waals surface area contributed by atoms with Crippen LogP contribution in [0.15, 0.2) is 24.4 Å². The van der Waals surface area contributed by atoms with Crippen LogP contribution in [-0.2, 0) is 0 Å². The number of halogens is 1. The third kappa shape index (κ3) is 1.60. The Morgan fingerprint density at radius 1 is 1.31 bits per heavy atom. The Labute approximate surface area is 99.4 Å². The van der Waals surface area contributed by atoms with E-state index in [9.17, 15) is 0 Å². The molecular formula is C12H14ClN3. The van der Waals surface area contributed by atoms with Gasteiger partial charge in [-0.15, -0.1) is 0 Å². The van der Waals surface area contributed by atoms with Crippen LogP contribution in [0.2, 0.25) is 5.15 Å². The maximum Gasteiger partial charge on any atom is 0.138 e. The van der Waals surface area contributed by atoms with Crippen LogP contribution >= 0.6 is 11.6 Å². The molecule has 0 saturated carbocycles. The normalized spacial score (nSPS) is 18.1. The maximum absolute atomic E-state index is 6.18. The predicted octanol–water partition coefficient (Wildman–Crippen LogP) is 2.45. The number of hydrogen-bond donors (Lipinski definition) is 1. The fourth-order valence-corrected chi connectivity index (χ4v) is 2.69. The van der Waals surface area contributed by atoms with Crippen molar-refractivity contribution in [2.45, 2.75) is 18.8 Å². The lowest BCUT2D eigenvalue weighted by molar-refractivity contribution is 0.451. The van der Waals surface area contributed by atoms with E-state index in [1.807, 2.05) is 6.07 Å². The molecule has 0 amide bonds. The van der Waals surface area contributed by atoms with E-state index >= 15 is 0 Å². The van der Waals surface area contributed by atoms with Crippen molar-refractivity contribution < 1.29 is 0 Å². The van der Waals surface area contributed by atoms with Crippen LogP contribution in [0.5, 0.6) is 0 Å². The van der Waals surface area contributed by atoms with Gasteiger partial charge < -0.3 is 5.32 Å². The topological polar surface area (TPSA) is 29.3 Å². The van der Waals surface area contributed by atoms with Gasteiger partial charge in [0.05, 0.1) is 6.20 Å². The largest absolute Gasteiger partial charge is 0.317 e. The number of imidazole rings is 1. The highest BCUT2D eigenvalue weighted by Crippen LogP contribution is 2.27. The zero-order valence-electron chi connectivity index (χ0n) is 8.99. The third-order valence-corrected chi connectivity index (χ3v) is 3.54. The van der Waals surface area contributed by atoms with Crippen LogP contribution in [0, 0.1) is 0 Å². The molecule has 2 aromatic heterocycles. The number of pyridine rings is 1. The fourth-order valence-electron chi connectivity index (χ4n) is 2.46. The molecule has 4 heteroatoms. The van der Waals surface area contributed by atoms with Crippen LogP contribution in [0.25, 0.3) is 5.65 Å². The Balaban J connectivity index is 2.10. The van der Waals surface area contributed by atoms with Gasteiger partial charge in [-0.2, -0.15) is 0 Å². The summed E-state index contributed by atoms with van der Waals surface area (Å²) in [5.74, 6) is 0.594. The molecule has 2 aromatic rings. The van der Waals surface area contributed by atoms with E-state index in [2.05, 4.69) is 26.8 Å². The average molecular weight is 236 g/mol. The van der Waals surface area contributed by atoms with Gasteiger partial charge >= 0.3 is 0 Å². The summed E-state index contributed by atoms with van der Waals surface area (Å²) in [6, 6.07) is 6.23. The quantitative estimate of drug-likeness (QED) is 0.823. The maximum atomic E-state index is 6.18. The molecule has 16 heavy (non-hydrogen) atoms. The summed E-state index contributed by atoms with van der Waals surface area (Å²) < 4.78 is 2.07. The summed E-state index contributed by atoms with van der Waals surface area (Å²) in [6.07, 6.45) is 4.07. The predicted molar refractivity (Wildman–Crippen MR) is 65.0 cm³/mol. The Morgan fingerprint density at radius 3 is 2.94 bits per heavy atom. The van der Waals surface area contributed by atoms with E-state index in [0.29, 0.717) is 11.1 Å². The fraction of sp³-hybridized carbons (Fsp3) is 0.417. The monoisotopic (exact) mass is 235 g/mol. The van der Waals surface area contributed by atoms with Crippen molar-refractivity contribution >= 4 is 17.2 Å². The first kappa shape index (κ1) is 10.1. The van der Waals surface area contributed by atoms with E-state index in [1.54, 1.807) is 6.20 Å². The molecule has 3 rings (SSSR count). The third-order valence-electron chi connectivity index (χ3n) is 3.27. The summed E-state index contributed by atoms with van der Waals surface area (Å²) in [6.45, 7) is 2.18. The highest BCUT2D eigenvalue weighted by atomic mass is 35.5. The van der Waals surface area contributed by atoms with Crippen molar-refractivity contribution in [2.24, 2.45) is 0 Å². The van der Waals surface area contributed by atoms with Gasteiger partial charge in [-0.05, 0) is 38.1 Å². The lowest BCUT2D eigenvalue weighted by atomic mass is 9.94. The van der Waals surface area contributed by atoms with E-state index in [4.69, 9.17) is 11.6 Å². The molecular weight excluding hydrogens is 222 g/mol. The summed E-state index contributed by atoms with van der Waals surface area (Å²) in [7, 11) is 0. The lowest BCUT2D eigenvalue weighted by Crippen LogP contribution is -2.27. The van der Waals surface area contributed by atoms with E-state index in [-0.39, 0.29) is 0 Å². The number of hydrogen-bond acceptors (Lipinski definition) is 2. The van der Waals surface area contributed by atoms with Gasteiger partial charge in [0.1, 0.15) is 10.8 Å². The highest BCUT2D eigenvalue weighted by Gasteiger charge is 2.18. The molecule has 0 unspecified atom stereocenters. The van der Waals surface area contributed by atoms with Crippen LogP contribution in [0.4, 0.5) is 0 Å². The van der Waals surface area contributed by atoms with Crippen molar-refractivity contribution in [3.05, 3.63) is 35.2 Å². The molecule has 1 aliphatic rings. The number of fused-ring (bicyclic) bond motifs is 1. The molecule has 0 aromatic carbocycles. The van der Waals surface area contributed by atoms with Crippen molar-refractivity contribution in [1.82, 2.24) is 14.7 Å². The molecule has 0 spiro atoms. The number of piperidine rings is 1. The van der Waals surface area contributed by atoms with Crippen LogP contribution in [0.1, 0.15) is 24.5 Å². The minimum atomic E-state index is 0.594. The summed E-state index contributed by atoms with van der Waals surface area (Å²) in [4.78, 5) is 4.29. The molecule has 1 fully saturated rings. The van der Waals surface area contributed by atoms with Gasteiger partial charge in [-0.1, -0.05) is 17.7 Å². The highest BCUT2D eigenvalue weighted by molar-refractivity contribution is 6.29. The van der Waals surface area contributed by atoms with Gasteiger partial charge in [-0.25, -0.2) is 4.98 Å². The average Bonchev–Trinajstić information content (AvgIpc) is 2.73. The van der Waals surface area contributed by atoms with Gasteiger partial charge in [0, 0.05) is 11.6 Å². The number of rotatable bonds is 1. The SMILES string of the molecule is Clc1cnc2cccc(C3CCNCC3)n12. The van der Waals surface area contributed by atoms with Crippen molar-refractivity contribution in [3.63, 3.8) is 0 Å². The summed E-state index contributed by atoms with van der Waals surface area (Å²) in [5.41, 5.74) is 2.24. The molecule has 1 saturated heterocycles. The summed E-state index contributed by atoms with van der Waals surface area (Å²) >= 11 is 6.18. The molecule has 3 nitrogen and oxygen atoms in total. The number of nitrogens with zero attached hydrogens (tertiary/aromatic N) is 2. The van der Waals surface area contributed by atoms with E-state index < -0.39 is 0 Å². The Morgan fingerprint density at radius 2 is 2.12 bits per heavy atom. The first-order chi connectivity index (χ1) is 7.86. The minimum absolute atomic E-state index is 0.594. The van der Waals surface area contributed by atoms with Crippen molar-refractivity contribution in [1.29, 1.82) is 0 Å². The molecule has 1 N–H and O–H groups in total. The van der Waals surface area contributed by atoms with Gasteiger partial charge in [0.25, 0.3) is 0 Å². The van der Waals surface area contributed by atoms with Gasteiger partial charge in [-0.3, -0.25) is 4.40 Å². The molecule has 0 radical (unpaired) electrons. The Bertz CT molecular complexity index is 500. The van der Waals surface area contributed by atoms with Crippen LogP contribution in [-0.4, -0.2) is 22.5 Å². The zero-order valence-corrected chi connectivity index (χ0v) is 9.74. The van der Waals surface area contributed by atoms with Crippen molar-refractivity contribution in [2.75, 3.05) is 13.1 Å². The number of aromatic nitrogens is 2. The smallest absolute Gasteiger partial charge is 0.138 e. The first-order valence-corrected chi connectivity index (χ1v) is 6.06. The minimum Gasteiger partial charge on any atom is -0.317 e. The lowest BCUT2D eigenvalue weighted by Gasteiger charge is -2.23. The standard InChI is InChI=1S/C12H14ClN3/c13-11-8-15-12-3-1-2-10(16(11)12)9-4-6-14-7-5-9/h1-3,8-9,14H,4-7H2. The first-order valence-electron chi connectivity index (χ1n) is 5.69. The molecule has 0 aliphatic carbocycles. The van der Waals surface area contributed by atoms with Crippen LogP contribution in [0.3, 0.4) is 0 Å². The van der Waals surface area contributed by atoms with Crippen molar-refractivity contribution in [3.8, 4) is 0 Å². The molecule has 3 heterocycles. The second kappa shape index (κ2) is 4.07. The van der Waals surface area contributed by atoms with E-state index in [0.717, 1.165) is 18.7 Å². The Hall–Kier alpha value is -1.06. The zero-order chi connectivity index (χ0) is 11.0. The second-order valence-electron chi connectivity index (χ2n) is 4.25. The van der Waals surface area contributed by atoms with Crippen LogP contribution < -0.4 is 5.32 Å². The second-order valence-corrected chi connectivity index (χ2v) is 4.64. The molecule has 84 valence electrons. The van der Waals surface area contributed by atoms with E-state index in [1.165, 1.54) is 18.5 Å².